The number of fused-ring (bicyclic) bond motifs is 1. The predicted octanol–water partition coefficient (Wildman–Crippen LogP) is 5.45. The Morgan fingerprint density at radius 1 is 1.00 bits per heavy atom. The molecule has 3 N–H and O–H groups in total. The van der Waals surface area contributed by atoms with E-state index in [4.69, 9.17) is 21.9 Å². The number of imidazole rings is 1. The molecule has 7 heteroatoms. The highest BCUT2D eigenvalue weighted by molar-refractivity contribution is 7.80. The molecule has 0 aliphatic heterocycles. The summed E-state index contributed by atoms with van der Waals surface area (Å²) in [6, 6.07) is 16.5. The first-order valence-electron chi connectivity index (χ1n) is 11.5. The molecule has 0 saturated heterocycles. The van der Waals surface area contributed by atoms with Gasteiger partial charge in [0.2, 0.25) is 0 Å². The van der Waals surface area contributed by atoms with Crippen molar-refractivity contribution in [1.29, 1.82) is 0 Å². The summed E-state index contributed by atoms with van der Waals surface area (Å²) in [5.74, 6) is 1.75. The number of thiocarbonyl (C=S) groups is 1. The molecule has 4 aromatic rings. The topological polar surface area (TPSA) is 74.9 Å². The fourth-order valence-corrected chi connectivity index (χ4v) is 3.99. The Labute approximate surface area is 206 Å². The third-order valence-electron chi connectivity index (χ3n) is 5.86. The lowest BCUT2D eigenvalue weighted by Crippen LogP contribution is -2.42. The van der Waals surface area contributed by atoms with Crippen LogP contribution in [0.25, 0.3) is 33.3 Å². The Kier molecular flexibility index (Phi) is 7.12. The molecule has 176 valence electrons. The number of rotatable bonds is 8. The number of benzene rings is 2. The number of methoxy groups -OCH3 is 1. The van der Waals surface area contributed by atoms with E-state index in [0.717, 1.165) is 57.8 Å². The number of H-pyrrole nitrogens is 1. The number of ether oxygens (including phenoxy) is 1. The lowest BCUT2D eigenvalue weighted by molar-refractivity contribution is 0.415. The van der Waals surface area contributed by atoms with Gasteiger partial charge >= 0.3 is 0 Å². The maximum Gasteiger partial charge on any atom is 0.166 e. The van der Waals surface area contributed by atoms with E-state index < -0.39 is 0 Å². The third-order valence-corrected chi connectivity index (χ3v) is 6.15. The Morgan fingerprint density at radius 3 is 2.47 bits per heavy atom. The molecule has 0 amide bonds. The average molecular weight is 474 g/mol. The average Bonchev–Trinajstić information content (AvgIpc) is 3.33. The standard InChI is InChI=1S/C27H31N5OS/c1-5-12-29-26(34)30-17-27(2,3)25-31-23(18-10-13-28-14-11-18)24(32-25)21-7-6-20-16-22(33-4)9-8-19(20)15-21/h6-11,13-16H,5,12,17H2,1-4H3,(H,31,32)(H2,29,30,34). The number of aromatic amines is 1. The summed E-state index contributed by atoms with van der Waals surface area (Å²) >= 11 is 5.42. The highest BCUT2D eigenvalue weighted by Crippen LogP contribution is 2.35. The number of pyridine rings is 1. The van der Waals surface area contributed by atoms with Crippen molar-refractivity contribution in [2.24, 2.45) is 0 Å². The molecule has 34 heavy (non-hydrogen) atoms. The second-order valence-corrected chi connectivity index (χ2v) is 9.37. The first-order chi connectivity index (χ1) is 16.4. The normalized spacial score (nSPS) is 11.4. The van der Waals surface area contributed by atoms with Crippen molar-refractivity contribution in [2.45, 2.75) is 32.6 Å². The van der Waals surface area contributed by atoms with Gasteiger partial charge in [-0.1, -0.05) is 39.0 Å². The number of nitrogens with one attached hydrogen (secondary N) is 3. The van der Waals surface area contributed by atoms with Crippen LogP contribution in [-0.2, 0) is 5.41 Å². The van der Waals surface area contributed by atoms with E-state index in [1.165, 1.54) is 0 Å². The van der Waals surface area contributed by atoms with Crippen LogP contribution in [0.15, 0.2) is 60.9 Å². The fraction of sp³-hybridized carbons (Fsp3) is 0.296. The molecule has 0 radical (unpaired) electrons. The zero-order chi connectivity index (χ0) is 24.1. The largest absolute Gasteiger partial charge is 0.497 e. The highest BCUT2D eigenvalue weighted by atomic mass is 32.1. The smallest absolute Gasteiger partial charge is 0.166 e. The van der Waals surface area contributed by atoms with Gasteiger partial charge in [-0.3, -0.25) is 4.98 Å². The van der Waals surface area contributed by atoms with Crippen molar-refractivity contribution in [1.82, 2.24) is 25.6 Å². The Morgan fingerprint density at radius 2 is 1.74 bits per heavy atom. The van der Waals surface area contributed by atoms with Crippen LogP contribution in [-0.4, -0.2) is 40.3 Å². The number of aromatic nitrogens is 3. The van der Waals surface area contributed by atoms with Crippen LogP contribution in [0, 0.1) is 0 Å². The summed E-state index contributed by atoms with van der Waals surface area (Å²) in [5, 5.41) is 9.49. The minimum Gasteiger partial charge on any atom is -0.497 e. The van der Waals surface area contributed by atoms with Gasteiger partial charge in [-0.15, -0.1) is 0 Å². The first kappa shape index (κ1) is 23.7. The highest BCUT2D eigenvalue weighted by Gasteiger charge is 2.27. The minimum atomic E-state index is -0.276. The zero-order valence-corrected chi connectivity index (χ0v) is 20.9. The van der Waals surface area contributed by atoms with E-state index in [2.05, 4.69) is 65.6 Å². The SMILES string of the molecule is CCCNC(=S)NCC(C)(C)c1nc(-c2ccc3cc(OC)ccc3c2)c(-c2ccncc2)[nH]1. The molecule has 2 heterocycles. The van der Waals surface area contributed by atoms with Gasteiger partial charge in [0.05, 0.1) is 18.5 Å². The third kappa shape index (κ3) is 5.20. The minimum absolute atomic E-state index is 0.276. The summed E-state index contributed by atoms with van der Waals surface area (Å²) in [5.41, 5.74) is 3.71. The second kappa shape index (κ2) is 10.2. The summed E-state index contributed by atoms with van der Waals surface area (Å²) in [7, 11) is 1.69. The summed E-state index contributed by atoms with van der Waals surface area (Å²) in [6.45, 7) is 7.95. The van der Waals surface area contributed by atoms with Crippen LogP contribution < -0.4 is 15.4 Å². The maximum atomic E-state index is 5.42. The van der Waals surface area contributed by atoms with Crippen LogP contribution in [0.5, 0.6) is 5.75 Å². The monoisotopic (exact) mass is 473 g/mol. The van der Waals surface area contributed by atoms with E-state index in [0.29, 0.717) is 11.7 Å². The number of hydrogen-bond donors (Lipinski definition) is 3. The zero-order valence-electron chi connectivity index (χ0n) is 20.1. The maximum absolute atomic E-state index is 5.42. The Balaban J connectivity index is 1.72. The quantitative estimate of drug-likeness (QED) is 0.295. The molecule has 0 saturated carbocycles. The molecule has 6 nitrogen and oxygen atoms in total. The van der Waals surface area contributed by atoms with Gasteiger partial charge in [-0.25, -0.2) is 4.98 Å². The van der Waals surface area contributed by atoms with E-state index in [1.54, 1.807) is 19.5 Å². The molecule has 0 unspecified atom stereocenters. The van der Waals surface area contributed by atoms with Gasteiger partial charge < -0.3 is 20.4 Å². The molecule has 0 fully saturated rings. The van der Waals surface area contributed by atoms with Crippen molar-refractivity contribution in [3.8, 4) is 28.3 Å². The van der Waals surface area contributed by atoms with Crippen LogP contribution in [0.4, 0.5) is 0 Å². The molecule has 0 bridgehead atoms. The molecule has 2 aromatic carbocycles. The van der Waals surface area contributed by atoms with Gasteiger partial charge in [-0.05, 0) is 59.7 Å². The predicted molar refractivity (Wildman–Crippen MR) is 143 cm³/mol. The molecule has 4 rings (SSSR count). The molecule has 0 aliphatic carbocycles. The number of hydrogen-bond acceptors (Lipinski definition) is 4. The van der Waals surface area contributed by atoms with E-state index in [9.17, 15) is 0 Å². The molecular weight excluding hydrogens is 442 g/mol. The van der Waals surface area contributed by atoms with Crippen molar-refractivity contribution < 1.29 is 4.74 Å². The lowest BCUT2D eigenvalue weighted by atomic mass is 9.92. The molecule has 0 spiro atoms. The van der Waals surface area contributed by atoms with Crippen molar-refractivity contribution in [2.75, 3.05) is 20.2 Å². The van der Waals surface area contributed by atoms with Crippen LogP contribution in [0.1, 0.15) is 33.0 Å². The number of nitrogens with zero attached hydrogens (tertiary/aromatic N) is 2. The van der Waals surface area contributed by atoms with E-state index in [-0.39, 0.29) is 5.41 Å². The Bertz CT molecular complexity index is 1280. The van der Waals surface area contributed by atoms with Crippen LogP contribution >= 0.6 is 12.2 Å². The van der Waals surface area contributed by atoms with Crippen LogP contribution in [0.2, 0.25) is 0 Å². The van der Waals surface area contributed by atoms with Crippen molar-refractivity contribution in [3.63, 3.8) is 0 Å². The van der Waals surface area contributed by atoms with Gasteiger partial charge in [0.25, 0.3) is 0 Å². The molecule has 0 aliphatic rings. The van der Waals surface area contributed by atoms with Crippen LogP contribution in [0.3, 0.4) is 0 Å². The van der Waals surface area contributed by atoms with Gasteiger partial charge in [0, 0.05) is 42.0 Å². The summed E-state index contributed by atoms with van der Waals surface area (Å²) in [4.78, 5) is 12.9. The molecule has 0 atom stereocenters. The van der Waals surface area contributed by atoms with E-state index in [1.807, 2.05) is 24.3 Å². The second-order valence-electron chi connectivity index (χ2n) is 8.97. The fourth-order valence-electron chi connectivity index (χ4n) is 3.81. The summed E-state index contributed by atoms with van der Waals surface area (Å²) < 4.78 is 5.37. The van der Waals surface area contributed by atoms with Gasteiger partial charge in [0.1, 0.15) is 11.6 Å². The van der Waals surface area contributed by atoms with Crippen molar-refractivity contribution in [3.05, 3.63) is 66.7 Å². The van der Waals surface area contributed by atoms with Crippen molar-refractivity contribution >= 4 is 28.1 Å². The van der Waals surface area contributed by atoms with Gasteiger partial charge in [0.15, 0.2) is 5.11 Å². The Hall–Kier alpha value is -3.45. The molecule has 2 aromatic heterocycles. The molecular formula is C27H31N5OS. The van der Waals surface area contributed by atoms with E-state index >= 15 is 0 Å². The lowest BCUT2D eigenvalue weighted by Gasteiger charge is -2.23. The first-order valence-corrected chi connectivity index (χ1v) is 11.9. The summed E-state index contributed by atoms with van der Waals surface area (Å²) in [6.07, 6.45) is 4.63. The van der Waals surface area contributed by atoms with Gasteiger partial charge in [-0.2, -0.15) is 0 Å².